The first-order valence-corrected chi connectivity index (χ1v) is 5.41. The van der Waals surface area contributed by atoms with Crippen molar-refractivity contribution in [2.45, 2.75) is 25.1 Å². The molecule has 0 fully saturated rings. The Balaban J connectivity index is 2.53. The normalized spacial score (nSPS) is 13.8. The predicted molar refractivity (Wildman–Crippen MR) is 63.0 cm³/mol. The van der Waals surface area contributed by atoms with E-state index in [1.165, 1.54) is 0 Å². The summed E-state index contributed by atoms with van der Waals surface area (Å²) in [4.78, 5) is 21.4. The van der Waals surface area contributed by atoms with Crippen LogP contribution < -0.4 is 5.32 Å². The molecule has 0 aliphatic heterocycles. The van der Waals surface area contributed by atoms with Crippen LogP contribution in [0.4, 0.5) is 0 Å². The van der Waals surface area contributed by atoms with Gasteiger partial charge >= 0.3 is 11.9 Å². The van der Waals surface area contributed by atoms with Crippen LogP contribution in [0, 0.1) is 0 Å². The number of carboxylic acid groups (broad SMARTS) is 2. The molecule has 0 aromatic heterocycles. The van der Waals surface area contributed by atoms with Crippen LogP contribution in [0.5, 0.6) is 0 Å². The Hall–Kier alpha value is -1.92. The van der Waals surface area contributed by atoms with Crippen molar-refractivity contribution in [3.63, 3.8) is 0 Å². The quantitative estimate of drug-likeness (QED) is 0.547. The molecule has 0 saturated carbocycles. The average molecular weight is 253 g/mol. The molecule has 0 amide bonds. The highest BCUT2D eigenvalue weighted by molar-refractivity contribution is 5.76. The molecule has 0 heterocycles. The van der Waals surface area contributed by atoms with Crippen LogP contribution in [0.3, 0.4) is 0 Å². The van der Waals surface area contributed by atoms with Gasteiger partial charge in [-0.1, -0.05) is 30.3 Å². The number of hydrogen-bond acceptors (Lipinski definition) is 4. The van der Waals surface area contributed by atoms with E-state index in [1.54, 1.807) is 0 Å². The highest BCUT2D eigenvalue weighted by Gasteiger charge is 2.24. The second kappa shape index (κ2) is 6.73. The van der Waals surface area contributed by atoms with Gasteiger partial charge in [0.25, 0.3) is 0 Å². The fraction of sp³-hybridized carbons (Fsp3) is 0.333. The number of carbonyl (C=O) groups is 2. The summed E-state index contributed by atoms with van der Waals surface area (Å²) in [6, 6.07) is 8.01. The molecule has 0 bridgehead atoms. The third kappa shape index (κ3) is 4.52. The van der Waals surface area contributed by atoms with Gasteiger partial charge < -0.3 is 20.6 Å². The van der Waals surface area contributed by atoms with Crippen molar-refractivity contribution in [1.82, 2.24) is 5.32 Å². The Labute approximate surface area is 104 Å². The Morgan fingerprint density at radius 3 is 2.22 bits per heavy atom. The largest absolute Gasteiger partial charge is 0.480 e. The molecule has 2 atom stereocenters. The average Bonchev–Trinajstić information content (AvgIpc) is 2.34. The minimum Gasteiger partial charge on any atom is -0.480 e. The maximum absolute atomic E-state index is 10.9. The van der Waals surface area contributed by atoms with Gasteiger partial charge in [-0.2, -0.15) is 0 Å². The van der Waals surface area contributed by atoms with Crippen LogP contribution >= 0.6 is 0 Å². The molecule has 0 aliphatic rings. The minimum atomic E-state index is -1.69. The van der Waals surface area contributed by atoms with E-state index >= 15 is 0 Å². The fourth-order valence-corrected chi connectivity index (χ4v) is 1.43. The van der Waals surface area contributed by atoms with Gasteiger partial charge in [-0.05, 0) is 5.56 Å². The van der Waals surface area contributed by atoms with Crippen molar-refractivity contribution in [2.75, 3.05) is 0 Å². The summed E-state index contributed by atoms with van der Waals surface area (Å²) < 4.78 is 0. The van der Waals surface area contributed by atoms with E-state index in [0.29, 0.717) is 6.54 Å². The first-order valence-electron chi connectivity index (χ1n) is 5.41. The third-order valence-corrected chi connectivity index (χ3v) is 2.44. The summed E-state index contributed by atoms with van der Waals surface area (Å²) in [6.07, 6.45) is -2.06. The smallest absolute Gasteiger partial charge is 0.332 e. The molecule has 0 saturated heterocycles. The van der Waals surface area contributed by atoms with Crippen molar-refractivity contribution in [2.24, 2.45) is 0 Å². The van der Waals surface area contributed by atoms with Gasteiger partial charge in [0.2, 0.25) is 0 Å². The highest BCUT2D eigenvalue weighted by atomic mass is 16.4. The lowest BCUT2D eigenvalue weighted by molar-refractivity contribution is -0.148. The number of carboxylic acids is 2. The van der Waals surface area contributed by atoms with Gasteiger partial charge in [0.15, 0.2) is 6.10 Å². The molecule has 0 spiro atoms. The number of nitrogens with one attached hydrogen (secondary N) is 1. The van der Waals surface area contributed by atoms with Crippen molar-refractivity contribution in [1.29, 1.82) is 0 Å². The number of aliphatic hydroxyl groups excluding tert-OH is 1. The minimum absolute atomic E-state index is 0.296. The lowest BCUT2D eigenvalue weighted by Crippen LogP contribution is -2.40. The van der Waals surface area contributed by atoms with E-state index in [9.17, 15) is 9.59 Å². The van der Waals surface area contributed by atoms with E-state index in [-0.39, 0.29) is 6.42 Å². The first kappa shape index (κ1) is 14.1. The molecule has 6 heteroatoms. The van der Waals surface area contributed by atoms with Crippen molar-refractivity contribution < 1.29 is 24.9 Å². The molecule has 6 nitrogen and oxygen atoms in total. The number of rotatable bonds is 7. The number of hydrogen-bond donors (Lipinski definition) is 4. The van der Waals surface area contributed by atoms with Crippen LogP contribution in [0.15, 0.2) is 30.3 Å². The first-order chi connectivity index (χ1) is 8.50. The molecular weight excluding hydrogens is 238 g/mol. The molecule has 0 aliphatic carbocycles. The van der Waals surface area contributed by atoms with E-state index in [4.69, 9.17) is 15.3 Å². The van der Waals surface area contributed by atoms with Crippen LogP contribution in [-0.4, -0.2) is 39.4 Å². The van der Waals surface area contributed by atoms with E-state index in [2.05, 4.69) is 5.32 Å². The van der Waals surface area contributed by atoms with Gasteiger partial charge in [-0.3, -0.25) is 4.79 Å². The monoisotopic (exact) mass is 253 g/mol. The highest BCUT2D eigenvalue weighted by Crippen LogP contribution is 2.03. The maximum Gasteiger partial charge on any atom is 0.332 e. The molecule has 18 heavy (non-hydrogen) atoms. The molecule has 1 aromatic rings. The van der Waals surface area contributed by atoms with E-state index < -0.39 is 24.1 Å². The van der Waals surface area contributed by atoms with Crippen LogP contribution in [0.25, 0.3) is 0 Å². The summed E-state index contributed by atoms with van der Waals surface area (Å²) >= 11 is 0. The van der Waals surface area contributed by atoms with Gasteiger partial charge in [0.05, 0.1) is 0 Å². The van der Waals surface area contributed by atoms with Gasteiger partial charge in [0.1, 0.15) is 6.04 Å². The van der Waals surface area contributed by atoms with Crippen molar-refractivity contribution in [3.8, 4) is 0 Å². The summed E-state index contributed by atoms with van der Waals surface area (Å²) in [5.74, 6) is -2.62. The Kier molecular flexibility index (Phi) is 5.29. The van der Waals surface area contributed by atoms with Crippen LogP contribution in [0.2, 0.25) is 0 Å². The standard InChI is InChI=1S/C12H15NO5/c14-10(12(17)18)6-9(11(15)16)13-7-8-4-2-1-3-5-8/h1-5,9-10,13-14H,6-7H2,(H,15,16)(H,17,18)/t9-,10?/m0/s1. The molecule has 1 rings (SSSR count). The molecular formula is C12H15NO5. The molecule has 1 aromatic carbocycles. The summed E-state index contributed by atoms with van der Waals surface area (Å²) in [7, 11) is 0. The number of benzene rings is 1. The third-order valence-electron chi connectivity index (χ3n) is 2.44. The molecule has 0 radical (unpaired) electrons. The summed E-state index contributed by atoms with van der Waals surface area (Å²) in [5.41, 5.74) is 0.883. The van der Waals surface area contributed by atoms with Gasteiger partial charge in [0, 0.05) is 13.0 Å². The van der Waals surface area contributed by atoms with E-state index in [1.807, 2.05) is 30.3 Å². The number of aliphatic hydroxyl groups is 1. The topological polar surface area (TPSA) is 107 Å². The van der Waals surface area contributed by atoms with E-state index in [0.717, 1.165) is 5.56 Å². The van der Waals surface area contributed by atoms with Crippen molar-refractivity contribution >= 4 is 11.9 Å². The Bertz CT molecular complexity index is 406. The van der Waals surface area contributed by atoms with Gasteiger partial charge in [-0.25, -0.2) is 4.79 Å². The SMILES string of the molecule is O=C(O)C(O)C[C@H](NCc1ccccc1)C(=O)O. The van der Waals surface area contributed by atoms with Gasteiger partial charge in [-0.15, -0.1) is 0 Å². The van der Waals surface area contributed by atoms with Crippen molar-refractivity contribution in [3.05, 3.63) is 35.9 Å². The Morgan fingerprint density at radius 2 is 1.72 bits per heavy atom. The number of aliphatic carboxylic acids is 2. The maximum atomic E-state index is 10.9. The van der Waals surface area contributed by atoms with Crippen LogP contribution in [0.1, 0.15) is 12.0 Å². The second-order valence-electron chi connectivity index (χ2n) is 3.85. The molecule has 1 unspecified atom stereocenters. The lowest BCUT2D eigenvalue weighted by Gasteiger charge is -2.16. The summed E-state index contributed by atoms with van der Waals surface area (Å²) in [5, 5.41) is 29.3. The molecule has 98 valence electrons. The lowest BCUT2D eigenvalue weighted by atomic mass is 10.1. The zero-order chi connectivity index (χ0) is 13.5. The second-order valence-corrected chi connectivity index (χ2v) is 3.85. The summed E-state index contributed by atoms with van der Waals surface area (Å²) in [6.45, 7) is 0.296. The zero-order valence-electron chi connectivity index (χ0n) is 9.61. The Morgan fingerprint density at radius 1 is 1.11 bits per heavy atom. The predicted octanol–water partition coefficient (Wildman–Crippen LogP) is 0.0650. The fourth-order valence-electron chi connectivity index (χ4n) is 1.43. The van der Waals surface area contributed by atoms with Crippen LogP contribution in [-0.2, 0) is 16.1 Å². The zero-order valence-corrected chi connectivity index (χ0v) is 9.61. The molecule has 4 N–H and O–H groups in total.